The van der Waals surface area contributed by atoms with Gasteiger partial charge in [-0.1, -0.05) is 56.3 Å². The Balaban J connectivity index is 1.84. The molecule has 0 aliphatic carbocycles. The van der Waals surface area contributed by atoms with Crippen LogP contribution in [0.5, 0.6) is 5.75 Å². The van der Waals surface area contributed by atoms with Crippen LogP contribution < -0.4 is 15.8 Å². The van der Waals surface area contributed by atoms with Crippen molar-refractivity contribution in [3.63, 3.8) is 0 Å². The van der Waals surface area contributed by atoms with Crippen molar-refractivity contribution in [1.29, 1.82) is 0 Å². The smallest absolute Gasteiger partial charge is 0.260 e. The molecular weight excluding hydrogens is 300 g/mol. The third-order valence-electron chi connectivity index (χ3n) is 3.95. The Labute approximate surface area is 144 Å². The highest BCUT2D eigenvalue weighted by Crippen LogP contribution is 2.17. The molecule has 0 bridgehead atoms. The highest BCUT2D eigenvalue weighted by atomic mass is 16.5. The van der Waals surface area contributed by atoms with Crippen molar-refractivity contribution in [2.24, 2.45) is 5.73 Å². The quantitative estimate of drug-likeness (QED) is 0.819. The van der Waals surface area contributed by atoms with Gasteiger partial charge in [-0.25, -0.2) is 0 Å². The van der Waals surface area contributed by atoms with Gasteiger partial charge in [0.1, 0.15) is 5.75 Å². The minimum Gasteiger partial charge on any atom is -0.481 e. The van der Waals surface area contributed by atoms with E-state index in [4.69, 9.17) is 10.5 Å². The molecular formula is C20H26N2O2. The summed E-state index contributed by atoms with van der Waals surface area (Å²) in [5, 5.41) is 2.85. The number of nitrogens with one attached hydrogen (secondary N) is 1. The molecule has 0 aliphatic rings. The first-order valence-electron chi connectivity index (χ1n) is 8.32. The van der Waals surface area contributed by atoms with Gasteiger partial charge in [-0.15, -0.1) is 0 Å². The van der Waals surface area contributed by atoms with Crippen molar-refractivity contribution in [1.82, 2.24) is 5.32 Å². The number of hydrogen-bond donors (Lipinski definition) is 2. The molecule has 0 heterocycles. The zero-order chi connectivity index (χ0) is 17.5. The van der Waals surface area contributed by atoms with E-state index >= 15 is 0 Å². The summed E-state index contributed by atoms with van der Waals surface area (Å²) in [7, 11) is 0. The number of amides is 1. The summed E-state index contributed by atoms with van der Waals surface area (Å²) >= 11 is 0. The van der Waals surface area contributed by atoms with Crippen molar-refractivity contribution in [2.75, 3.05) is 6.54 Å². The van der Waals surface area contributed by atoms with Crippen LogP contribution in [-0.4, -0.2) is 18.6 Å². The Morgan fingerprint density at radius 2 is 1.58 bits per heavy atom. The van der Waals surface area contributed by atoms with Crippen LogP contribution in [0.4, 0.5) is 0 Å². The molecule has 128 valence electrons. The molecule has 3 N–H and O–H groups in total. The first kappa shape index (κ1) is 18.0. The number of hydrogen-bond acceptors (Lipinski definition) is 3. The zero-order valence-electron chi connectivity index (χ0n) is 14.5. The maximum atomic E-state index is 12.1. The van der Waals surface area contributed by atoms with Crippen molar-refractivity contribution in [2.45, 2.75) is 38.8 Å². The first-order valence-corrected chi connectivity index (χ1v) is 8.32. The molecule has 24 heavy (non-hydrogen) atoms. The Kier molecular flexibility index (Phi) is 6.38. The number of para-hydroxylation sites is 1. The second-order valence-corrected chi connectivity index (χ2v) is 6.25. The predicted molar refractivity (Wildman–Crippen MR) is 97.0 cm³/mol. The highest BCUT2D eigenvalue weighted by molar-refractivity contribution is 5.80. The topological polar surface area (TPSA) is 64.3 Å². The van der Waals surface area contributed by atoms with E-state index in [9.17, 15) is 4.79 Å². The van der Waals surface area contributed by atoms with Crippen molar-refractivity contribution < 1.29 is 9.53 Å². The van der Waals surface area contributed by atoms with Crippen LogP contribution in [0.1, 0.15) is 43.9 Å². The monoisotopic (exact) mass is 326 g/mol. The summed E-state index contributed by atoms with van der Waals surface area (Å²) in [4.78, 5) is 12.1. The van der Waals surface area contributed by atoms with Gasteiger partial charge in [-0.3, -0.25) is 4.79 Å². The number of benzene rings is 2. The molecule has 0 fully saturated rings. The number of ether oxygens (including phenoxy) is 1. The maximum absolute atomic E-state index is 12.1. The van der Waals surface area contributed by atoms with Crippen molar-refractivity contribution >= 4 is 5.91 Å². The van der Waals surface area contributed by atoms with Crippen LogP contribution in [0.15, 0.2) is 54.6 Å². The molecule has 0 saturated heterocycles. The first-order chi connectivity index (χ1) is 11.5. The predicted octanol–water partition coefficient (Wildman–Crippen LogP) is 3.39. The van der Waals surface area contributed by atoms with Gasteiger partial charge in [-0.05, 0) is 36.1 Å². The zero-order valence-corrected chi connectivity index (χ0v) is 14.5. The van der Waals surface area contributed by atoms with E-state index in [2.05, 4.69) is 31.3 Å². The number of carbonyl (C=O) groups excluding carboxylic acids is 1. The normalized spacial score (nSPS) is 13.4. The molecule has 2 aromatic carbocycles. The van der Waals surface area contributed by atoms with E-state index in [1.807, 2.05) is 42.5 Å². The van der Waals surface area contributed by atoms with Crippen molar-refractivity contribution in [3.05, 3.63) is 65.7 Å². The molecule has 2 rings (SSSR count). The van der Waals surface area contributed by atoms with Gasteiger partial charge in [-0.2, -0.15) is 0 Å². The second kappa shape index (κ2) is 8.50. The third-order valence-corrected chi connectivity index (χ3v) is 3.95. The number of carbonyl (C=O) groups is 1. The van der Waals surface area contributed by atoms with Crippen LogP contribution in [0.2, 0.25) is 0 Å². The van der Waals surface area contributed by atoms with Crippen LogP contribution in [0.25, 0.3) is 0 Å². The summed E-state index contributed by atoms with van der Waals surface area (Å²) in [6.07, 6.45) is -0.567. The largest absolute Gasteiger partial charge is 0.481 e. The van der Waals surface area contributed by atoms with E-state index in [0.29, 0.717) is 18.2 Å². The second-order valence-electron chi connectivity index (χ2n) is 6.25. The third kappa shape index (κ3) is 5.10. The fourth-order valence-corrected chi connectivity index (χ4v) is 2.36. The molecule has 0 radical (unpaired) electrons. The van der Waals surface area contributed by atoms with Crippen molar-refractivity contribution in [3.8, 4) is 5.75 Å². The average Bonchev–Trinajstić information content (AvgIpc) is 2.60. The van der Waals surface area contributed by atoms with Gasteiger partial charge in [0.2, 0.25) is 0 Å². The van der Waals surface area contributed by atoms with Gasteiger partial charge < -0.3 is 15.8 Å². The summed E-state index contributed by atoms with van der Waals surface area (Å²) in [6, 6.07) is 17.3. The van der Waals surface area contributed by atoms with Gasteiger partial charge in [0.15, 0.2) is 6.10 Å². The lowest BCUT2D eigenvalue weighted by Gasteiger charge is -2.18. The molecule has 4 heteroatoms. The standard InChI is InChI=1S/C20H26N2O2/c1-14(2)16-9-11-17(12-10-16)19(21)13-22-20(23)15(3)24-18-7-5-4-6-8-18/h4-12,14-15,19H,13,21H2,1-3H3,(H,22,23). The average molecular weight is 326 g/mol. The van der Waals surface area contributed by atoms with E-state index in [-0.39, 0.29) is 11.9 Å². The van der Waals surface area contributed by atoms with Crippen LogP contribution in [0, 0.1) is 0 Å². The van der Waals surface area contributed by atoms with E-state index in [0.717, 1.165) is 5.56 Å². The number of rotatable bonds is 7. The van der Waals surface area contributed by atoms with E-state index < -0.39 is 6.10 Å². The maximum Gasteiger partial charge on any atom is 0.260 e. The molecule has 2 atom stereocenters. The fourth-order valence-electron chi connectivity index (χ4n) is 2.36. The highest BCUT2D eigenvalue weighted by Gasteiger charge is 2.16. The summed E-state index contributed by atoms with van der Waals surface area (Å²) in [5.74, 6) is 0.993. The summed E-state index contributed by atoms with van der Waals surface area (Å²) in [5.41, 5.74) is 8.45. The van der Waals surface area contributed by atoms with Crippen LogP contribution in [0.3, 0.4) is 0 Å². The SMILES string of the molecule is CC(Oc1ccccc1)C(=O)NCC(N)c1ccc(C(C)C)cc1. The van der Waals surface area contributed by atoms with E-state index in [1.54, 1.807) is 6.92 Å². The lowest BCUT2D eigenvalue weighted by atomic mass is 9.99. The molecule has 1 amide bonds. The van der Waals surface area contributed by atoms with Crippen LogP contribution in [-0.2, 0) is 4.79 Å². The van der Waals surface area contributed by atoms with Gasteiger partial charge in [0.05, 0.1) is 0 Å². The minimum absolute atomic E-state index is 0.173. The molecule has 0 spiro atoms. The molecule has 0 aromatic heterocycles. The fraction of sp³-hybridized carbons (Fsp3) is 0.350. The molecule has 2 unspecified atom stereocenters. The molecule has 4 nitrogen and oxygen atoms in total. The molecule has 2 aromatic rings. The molecule has 0 saturated carbocycles. The Morgan fingerprint density at radius 1 is 1.00 bits per heavy atom. The van der Waals surface area contributed by atoms with E-state index in [1.165, 1.54) is 5.56 Å². The molecule has 0 aliphatic heterocycles. The Morgan fingerprint density at radius 3 is 2.17 bits per heavy atom. The minimum atomic E-state index is -0.567. The van der Waals surface area contributed by atoms with Crippen LogP contribution >= 0.6 is 0 Å². The van der Waals surface area contributed by atoms with Gasteiger partial charge >= 0.3 is 0 Å². The Hall–Kier alpha value is -2.33. The van der Waals surface area contributed by atoms with Gasteiger partial charge in [0.25, 0.3) is 5.91 Å². The lowest BCUT2D eigenvalue weighted by Crippen LogP contribution is -2.39. The van der Waals surface area contributed by atoms with Gasteiger partial charge in [0, 0.05) is 12.6 Å². The Bertz CT molecular complexity index is 638. The lowest BCUT2D eigenvalue weighted by molar-refractivity contribution is -0.127. The number of nitrogens with two attached hydrogens (primary N) is 1. The summed E-state index contributed by atoms with van der Waals surface area (Å²) in [6.45, 7) is 6.42. The summed E-state index contributed by atoms with van der Waals surface area (Å²) < 4.78 is 5.60.